The molecule has 0 radical (unpaired) electrons. The van der Waals surface area contributed by atoms with Crippen LogP contribution in [0.3, 0.4) is 0 Å². The lowest BCUT2D eigenvalue weighted by atomic mass is 9.96. The maximum absolute atomic E-state index is 12.0. The Hall–Kier alpha value is -1.59. The van der Waals surface area contributed by atoms with Gasteiger partial charge in [0.2, 0.25) is 5.91 Å². The summed E-state index contributed by atoms with van der Waals surface area (Å²) in [6.45, 7) is 7.34. The van der Waals surface area contributed by atoms with Gasteiger partial charge in [0.05, 0.1) is 0 Å². The second kappa shape index (κ2) is 5.19. The van der Waals surface area contributed by atoms with Gasteiger partial charge in [-0.1, -0.05) is 25.9 Å². The number of amides is 1. The third-order valence-electron chi connectivity index (χ3n) is 3.07. The van der Waals surface area contributed by atoms with E-state index in [9.17, 15) is 4.79 Å². The van der Waals surface area contributed by atoms with Crippen molar-refractivity contribution in [1.29, 1.82) is 0 Å². The molecule has 0 bridgehead atoms. The molecule has 1 saturated heterocycles. The molecule has 0 aliphatic carbocycles. The summed E-state index contributed by atoms with van der Waals surface area (Å²) in [4.78, 5) is 21.9. The first-order valence-corrected chi connectivity index (χ1v) is 7.01. The lowest BCUT2D eigenvalue weighted by Crippen LogP contribution is -2.24. The Kier molecular flexibility index (Phi) is 3.78. The number of rotatable bonds is 3. The zero-order valence-corrected chi connectivity index (χ0v) is 12.1. The van der Waals surface area contributed by atoms with E-state index in [1.165, 1.54) is 0 Å². The molecule has 1 aromatic heterocycles. The predicted molar refractivity (Wildman–Crippen MR) is 75.3 cm³/mol. The standard InChI is InChI=1S/C12H17N5OS/c1-12(2,3)9-6-14-11(19-9)17-7-8(4-10(17)18)5-15-16-13/h6,8H,4-5,7H2,1-3H3. The van der Waals surface area contributed by atoms with Crippen LogP contribution in [-0.4, -0.2) is 24.0 Å². The minimum Gasteiger partial charge on any atom is -0.288 e. The third-order valence-corrected chi connectivity index (χ3v) is 4.52. The summed E-state index contributed by atoms with van der Waals surface area (Å²) in [5.41, 5.74) is 8.36. The summed E-state index contributed by atoms with van der Waals surface area (Å²) >= 11 is 1.56. The van der Waals surface area contributed by atoms with Crippen molar-refractivity contribution in [2.75, 3.05) is 18.0 Å². The molecule has 1 aliphatic heterocycles. The Morgan fingerprint density at radius 2 is 2.37 bits per heavy atom. The highest BCUT2D eigenvalue weighted by Crippen LogP contribution is 2.34. The second-order valence-electron chi connectivity index (χ2n) is 5.75. The SMILES string of the molecule is CC(C)(C)c1cnc(N2CC(CN=[N+]=[N-])CC2=O)s1. The smallest absolute Gasteiger partial charge is 0.229 e. The van der Waals surface area contributed by atoms with Crippen molar-refractivity contribution >= 4 is 22.4 Å². The number of carbonyl (C=O) groups is 1. The number of nitrogens with zero attached hydrogens (tertiary/aromatic N) is 5. The number of azide groups is 1. The third kappa shape index (κ3) is 3.05. The number of aromatic nitrogens is 1. The van der Waals surface area contributed by atoms with Gasteiger partial charge in [0.1, 0.15) is 0 Å². The molecule has 1 unspecified atom stereocenters. The van der Waals surface area contributed by atoms with Gasteiger partial charge in [-0.25, -0.2) is 4.98 Å². The Morgan fingerprint density at radius 3 is 2.95 bits per heavy atom. The van der Waals surface area contributed by atoms with E-state index in [0.29, 0.717) is 19.5 Å². The van der Waals surface area contributed by atoms with Crippen LogP contribution < -0.4 is 4.90 Å². The highest BCUT2D eigenvalue weighted by Gasteiger charge is 2.32. The van der Waals surface area contributed by atoms with E-state index in [0.717, 1.165) is 10.0 Å². The molecule has 1 atom stereocenters. The number of anilines is 1. The molecule has 19 heavy (non-hydrogen) atoms. The summed E-state index contributed by atoms with van der Waals surface area (Å²) in [5, 5.41) is 4.29. The largest absolute Gasteiger partial charge is 0.288 e. The van der Waals surface area contributed by atoms with Crippen LogP contribution in [-0.2, 0) is 10.2 Å². The van der Waals surface area contributed by atoms with Crippen LogP contribution in [0.25, 0.3) is 10.4 Å². The zero-order chi connectivity index (χ0) is 14.0. The van der Waals surface area contributed by atoms with Crippen LogP contribution in [0.2, 0.25) is 0 Å². The van der Waals surface area contributed by atoms with E-state index in [4.69, 9.17) is 5.53 Å². The van der Waals surface area contributed by atoms with E-state index in [2.05, 4.69) is 35.8 Å². The second-order valence-corrected chi connectivity index (χ2v) is 6.75. The van der Waals surface area contributed by atoms with Gasteiger partial charge in [-0.2, -0.15) is 0 Å². The normalized spacial score (nSPS) is 19.6. The van der Waals surface area contributed by atoms with Crippen LogP contribution in [0.15, 0.2) is 11.3 Å². The molecule has 0 N–H and O–H groups in total. The van der Waals surface area contributed by atoms with E-state index in [-0.39, 0.29) is 17.2 Å². The van der Waals surface area contributed by atoms with Crippen molar-refractivity contribution in [3.8, 4) is 0 Å². The minimum atomic E-state index is 0.0448. The molecule has 7 heteroatoms. The number of thiazole rings is 1. The molecule has 1 amide bonds. The fraction of sp³-hybridized carbons (Fsp3) is 0.667. The molecule has 1 aliphatic rings. The molecule has 2 heterocycles. The van der Waals surface area contributed by atoms with Gasteiger partial charge in [0.15, 0.2) is 5.13 Å². The first-order valence-electron chi connectivity index (χ1n) is 6.19. The fourth-order valence-electron chi connectivity index (χ4n) is 1.98. The minimum absolute atomic E-state index is 0.0448. The van der Waals surface area contributed by atoms with Crippen LogP contribution >= 0.6 is 11.3 Å². The lowest BCUT2D eigenvalue weighted by Gasteiger charge is -2.15. The van der Waals surface area contributed by atoms with Gasteiger partial charge in [0, 0.05) is 35.5 Å². The molecule has 0 spiro atoms. The van der Waals surface area contributed by atoms with E-state index in [1.54, 1.807) is 16.2 Å². The van der Waals surface area contributed by atoms with Crippen molar-refractivity contribution < 1.29 is 4.79 Å². The van der Waals surface area contributed by atoms with Crippen molar-refractivity contribution in [3.63, 3.8) is 0 Å². The molecular formula is C12H17N5OS. The number of hydrogen-bond acceptors (Lipinski definition) is 4. The van der Waals surface area contributed by atoms with Gasteiger partial charge in [-0.05, 0) is 16.9 Å². The highest BCUT2D eigenvalue weighted by molar-refractivity contribution is 7.15. The maximum Gasteiger partial charge on any atom is 0.229 e. The average Bonchev–Trinajstić information content (AvgIpc) is 2.91. The van der Waals surface area contributed by atoms with E-state index < -0.39 is 0 Å². The first-order chi connectivity index (χ1) is 8.91. The fourth-order valence-corrected chi connectivity index (χ4v) is 2.98. The molecular weight excluding hydrogens is 262 g/mol. The Morgan fingerprint density at radius 1 is 1.63 bits per heavy atom. The molecule has 6 nitrogen and oxygen atoms in total. The van der Waals surface area contributed by atoms with Crippen molar-refractivity contribution in [1.82, 2.24) is 4.98 Å². The Bertz CT molecular complexity index is 526. The monoisotopic (exact) mass is 279 g/mol. The summed E-state index contributed by atoms with van der Waals surface area (Å²) in [7, 11) is 0. The molecule has 0 aromatic carbocycles. The van der Waals surface area contributed by atoms with Crippen LogP contribution in [0.1, 0.15) is 32.1 Å². The predicted octanol–water partition coefficient (Wildman–Crippen LogP) is 3.10. The summed E-state index contributed by atoms with van der Waals surface area (Å²) in [5.74, 6) is 0.165. The topological polar surface area (TPSA) is 82.0 Å². The maximum atomic E-state index is 12.0. The van der Waals surface area contributed by atoms with Gasteiger partial charge in [-0.15, -0.1) is 11.3 Å². The van der Waals surface area contributed by atoms with Gasteiger partial charge in [0.25, 0.3) is 0 Å². The Balaban J connectivity index is 2.12. The van der Waals surface area contributed by atoms with E-state index >= 15 is 0 Å². The summed E-state index contributed by atoms with van der Waals surface area (Å²) < 4.78 is 0. The van der Waals surface area contributed by atoms with Gasteiger partial charge in [-0.3, -0.25) is 9.69 Å². The quantitative estimate of drug-likeness (QED) is 0.484. The summed E-state index contributed by atoms with van der Waals surface area (Å²) in [6.07, 6.45) is 2.28. The molecule has 1 aromatic rings. The lowest BCUT2D eigenvalue weighted by molar-refractivity contribution is -0.117. The van der Waals surface area contributed by atoms with Gasteiger partial charge >= 0.3 is 0 Å². The average molecular weight is 279 g/mol. The number of carbonyl (C=O) groups excluding carboxylic acids is 1. The zero-order valence-electron chi connectivity index (χ0n) is 11.3. The molecule has 0 saturated carbocycles. The van der Waals surface area contributed by atoms with Crippen molar-refractivity contribution in [3.05, 3.63) is 21.5 Å². The molecule has 2 rings (SSSR count). The Labute approximate surface area is 116 Å². The first kappa shape index (κ1) is 13.8. The van der Waals surface area contributed by atoms with Crippen LogP contribution in [0, 0.1) is 5.92 Å². The van der Waals surface area contributed by atoms with Crippen LogP contribution in [0.4, 0.5) is 5.13 Å². The van der Waals surface area contributed by atoms with E-state index in [1.807, 2.05) is 6.20 Å². The van der Waals surface area contributed by atoms with Crippen molar-refractivity contribution in [2.24, 2.45) is 11.0 Å². The molecule has 102 valence electrons. The van der Waals surface area contributed by atoms with Crippen LogP contribution in [0.5, 0.6) is 0 Å². The highest BCUT2D eigenvalue weighted by atomic mass is 32.1. The summed E-state index contributed by atoms with van der Waals surface area (Å²) in [6, 6.07) is 0. The molecule has 1 fully saturated rings. The van der Waals surface area contributed by atoms with Gasteiger partial charge < -0.3 is 0 Å². The van der Waals surface area contributed by atoms with Crippen molar-refractivity contribution in [2.45, 2.75) is 32.6 Å². The number of hydrogen-bond donors (Lipinski definition) is 0.